The Morgan fingerprint density at radius 1 is 1.00 bits per heavy atom. The van der Waals surface area contributed by atoms with Crippen LogP contribution in [-0.4, -0.2) is 56.5 Å². The Hall–Kier alpha value is -2.44. The van der Waals surface area contributed by atoms with Crippen molar-refractivity contribution in [1.29, 1.82) is 0 Å². The molecule has 0 saturated carbocycles. The summed E-state index contributed by atoms with van der Waals surface area (Å²) in [6.07, 6.45) is 11.0. The maximum absolute atomic E-state index is 6.75. The second kappa shape index (κ2) is 7.85. The highest BCUT2D eigenvalue weighted by atomic mass is 16.5. The normalized spacial score (nSPS) is 30.6. The number of ether oxygens (including phenoxy) is 1. The van der Waals surface area contributed by atoms with E-state index in [-0.39, 0.29) is 5.60 Å². The number of rotatable bonds is 4. The van der Waals surface area contributed by atoms with E-state index >= 15 is 0 Å². The molecule has 4 fully saturated rings. The van der Waals surface area contributed by atoms with Gasteiger partial charge in [-0.15, -0.1) is 0 Å². The SMILES string of the molecule is Cc1cccnc1[C@@H]1CCC[C@H](c2cn3c(OC45CCN(CC4)CC5)cccc3n2)N1C. The van der Waals surface area contributed by atoms with Gasteiger partial charge in [-0.2, -0.15) is 0 Å². The van der Waals surface area contributed by atoms with Gasteiger partial charge in [-0.25, -0.2) is 4.98 Å². The van der Waals surface area contributed by atoms with Gasteiger partial charge in [-0.3, -0.25) is 14.3 Å². The third kappa shape index (κ3) is 3.41. The maximum atomic E-state index is 6.75. The topological polar surface area (TPSA) is 45.9 Å². The van der Waals surface area contributed by atoms with Crippen LogP contribution < -0.4 is 4.74 Å². The molecule has 0 N–H and O–H groups in total. The lowest BCUT2D eigenvalue weighted by molar-refractivity contribution is -0.0543. The van der Waals surface area contributed by atoms with Crippen LogP contribution in [0.3, 0.4) is 0 Å². The van der Waals surface area contributed by atoms with Gasteiger partial charge in [0.15, 0.2) is 5.88 Å². The second-order valence-corrected chi connectivity index (χ2v) is 9.97. The van der Waals surface area contributed by atoms with Crippen LogP contribution in [0, 0.1) is 6.92 Å². The molecule has 3 aromatic rings. The summed E-state index contributed by atoms with van der Waals surface area (Å²) in [5.74, 6) is 0.937. The Kier molecular flexibility index (Phi) is 4.95. The number of likely N-dealkylation sites (tertiary alicyclic amines) is 1. The minimum atomic E-state index is -0.00328. The maximum Gasteiger partial charge on any atom is 0.199 e. The molecule has 4 aliphatic rings. The van der Waals surface area contributed by atoms with E-state index in [1.165, 1.54) is 17.7 Å². The largest absolute Gasteiger partial charge is 0.472 e. The van der Waals surface area contributed by atoms with Crippen LogP contribution in [0.5, 0.6) is 5.88 Å². The van der Waals surface area contributed by atoms with Gasteiger partial charge in [0.1, 0.15) is 11.2 Å². The first-order valence-electron chi connectivity index (χ1n) is 12.1. The second-order valence-electron chi connectivity index (χ2n) is 9.97. The minimum absolute atomic E-state index is 0.00328. The first-order valence-corrected chi connectivity index (χ1v) is 12.1. The monoisotopic (exact) mass is 431 g/mol. The molecule has 0 unspecified atom stereocenters. The molecule has 0 aromatic carbocycles. The van der Waals surface area contributed by atoms with E-state index < -0.39 is 0 Å². The Labute approximate surface area is 190 Å². The Balaban J connectivity index is 1.30. The predicted molar refractivity (Wildman–Crippen MR) is 125 cm³/mol. The lowest BCUT2D eigenvalue weighted by Gasteiger charge is -2.47. The van der Waals surface area contributed by atoms with Crippen molar-refractivity contribution in [1.82, 2.24) is 24.2 Å². The minimum Gasteiger partial charge on any atom is -0.472 e. The van der Waals surface area contributed by atoms with E-state index in [0.29, 0.717) is 12.1 Å². The highest BCUT2D eigenvalue weighted by molar-refractivity contribution is 5.44. The number of nitrogens with zero attached hydrogens (tertiary/aromatic N) is 5. The summed E-state index contributed by atoms with van der Waals surface area (Å²) in [5.41, 5.74) is 4.59. The van der Waals surface area contributed by atoms with Crippen LogP contribution in [0.2, 0.25) is 0 Å². The molecule has 4 saturated heterocycles. The fraction of sp³-hybridized carbons (Fsp3) is 0.538. The van der Waals surface area contributed by atoms with Gasteiger partial charge in [0.2, 0.25) is 0 Å². The van der Waals surface area contributed by atoms with E-state index in [0.717, 1.165) is 69.0 Å². The summed E-state index contributed by atoms with van der Waals surface area (Å²) < 4.78 is 8.92. The van der Waals surface area contributed by atoms with Gasteiger partial charge in [0.05, 0.1) is 23.5 Å². The average Bonchev–Trinajstić information content (AvgIpc) is 3.26. The lowest BCUT2D eigenvalue weighted by atomic mass is 9.83. The van der Waals surface area contributed by atoms with Crippen LogP contribution in [0.25, 0.3) is 5.65 Å². The molecule has 0 aliphatic carbocycles. The standard InChI is InChI=1S/C26H33N5O/c1-19-6-5-14-27-25(19)22-8-3-7-21(29(22)2)20-18-31-23(28-20)9-4-10-24(31)32-26-11-15-30(16-12-26)17-13-26/h4-6,9-10,14,18,21-22H,3,7-8,11-13,15-17H2,1-2H3/t21-,22+/m1/s1. The van der Waals surface area contributed by atoms with Crippen LogP contribution in [0.4, 0.5) is 0 Å². The molecule has 7 heterocycles. The van der Waals surface area contributed by atoms with E-state index in [4.69, 9.17) is 14.7 Å². The first kappa shape index (κ1) is 20.2. The molecule has 4 aliphatic heterocycles. The zero-order chi connectivity index (χ0) is 21.7. The highest BCUT2D eigenvalue weighted by Crippen LogP contribution is 2.41. The Morgan fingerprint density at radius 3 is 2.56 bits per heavy atom. The number of piperidine rings is 4. The third-order valence-electron chi connectivity index (χ3n) is 8.09. The Morgan fingerprint density at radius 2 is 1.78 bits per heavy atom. The summed E-state index contributed by atoms with van der Waals surface area (Å²) in [4.78, 5) is 14.8. The molecule has 3 aromatic heterocycles. The van der Waals surface area contributed by atoms with Crippen molar-refractivity contribution in [3.63, 3.8) is 0 Å². The summed E-state index contributed by atoms with van der Waals surface area (Å²) in [7, 11) is 2.23. The lowest BCUT2D eigenvalue weighted by Crippen LogP contribution is -2.55. The smallest absolute Gasteiger partial charge is 0.199 e. The number of imidazole rings is 1. The summed E-state index contributed by atoms with van der Waals surface area (Å²) >= 11 is 0. The van der Waals surface area contributed by atoms with Crippen molar-refractivity contribution in [2.75, 3.05) is 26.7 Å². The van der Waals surface area contributed by atoms with Crippen molar-refractivity contribution in [3.05, 3.63) is 59.7 Å². The van der Waals surface area contributed by atoms with Crippen LogP contribution in [0.15, 0.2) is 42.7 Å². The quantitative estimate of drug-likeness (QED) is 0.606. The highest BCUT2D eigenvalue weighted by Gasteiger charge is 2.42. The zero-order valence-electron chi connectivity index (χ0n) is 19.2. The molecule has 2 atom stereocenters. The van der Waals surface area contributed by atoms with E-state index in [9.17, 15) is 0 Å². The van der Waals surface area contributed by atoms with E-state index in [1.807, 2.05) is 12.3 Å². The average molecular weight is 432 g/mol. The summed E-state index contributed by atoms with van der Waals surface area (Å²) in [5, 5.41) is 0. The fourth-order valence-corrected chi connectivity index (χ4v) is 6.08. The number of fused-ring (bicyclic) bond motifs is 4. The number of hydrogen-bond donors (Lipinski definition) is 0. The van der Waals surface area contributed by atoms with E-state index in [2.05, 4.69) is 58.6 Å². The van der Waals surface area contributed by atoms with Gasteiger partial charge < -0.3 is 9.64 Å². The summed E-state index contributed by atoms with van der Waals surface area (Å²) in [6.45, 7) is 5.65. The van der Waals surface area contributed by atoms with Crippen molar-refractivity contribution >= 4 is 5.65 Å². The Bertz CT molecular complexity index is 1100. The molecule has 32 heavy (non-hydrogen) atoms. The first-order chi connectivity index (χ1) is 15.6. The summed E-state index contributed by atoms with van der Waals surface area (Å²) in [6, 6.07) is 11.1. The molecule has 168 valence electrons. The zero-order valence-corrected chi connectivity index (χ0v) is 19.2. The molecule has 2 bridgehead atoms. The number of pyridine rings is 2. The van der Waals surface area contributed by atoms with Crippen LogP contribution >= 0.6 is 0 Å². The molecular formula is C26H33N5O. The molecule has 7 rings (SSSR count). The number of aromatic nitrogens is 3. The molecule has 6 nitrogen and oxygen atoms in total. The predicted octanol–water partition coefficient (Wildman–Crippen LogP) is 4.55. The van der Waals surface area contributed by atoms with Gasteiger partial charge in [-0.05, 0) is 76.3 Å². The van der Waals surface area contributed by atoms with Crippen LogP contribution in [-0.2, 0) is 0 Å². The molecule has 6 heteroatoms. The van der Waals surface area contributed by atoms with Gasteiger partial charge in [-0.1, -0.05) is 12.1 Å². The van der Waals surface area contributed by atoms with Crippen molar-refractivity contribution in [3.8, 4) is 5.88 Å². The van der Waals surface area contributed by atoms with Gasteiger partial charge >= 0.3 is 0 Å². The third-order valence-corrected chi connectivity index (χ3v) is 8.09. The molecule has 0 radical (unpaired) electrons. The van der Waals surface area contributed by atoms with Crippen molar-refractivity contribution < 1.29 is 4.74 Å². The van der Waals surface area contributed by atoms with Gasteiger partial charge in [0, 0.05) is 32.0 Å². The molecule has 0 spiro atoms. The fourth-order valence-electron chi connectivity index (χ4n) is 6.08. The number of hydrogen-bond acceptors (Lipinski definition) is 5. The van der Waals surface area contributed by atoms with Gasteiger partial charge in [0.25, 0.3) is 0 Å². The van der Waals surface area contributed by atoms with Crippen molar-refractivity contribution in [2.45, 2.75) is 63.1 Å². The van der Waals surface area contributed by atoms with Crippen molar-refractivity contribution in [2.24, 2.45) is 0 Å². The number of aryl methyl sites for hydroxylation is 1. The molecule has 0 amide bonds. The van der Waals surface area contributed by atoms with Crippen LogP contribution in [0.1, 0.15) is 67.6 Å². The van der Waals surface area contributed by atoms with E-state index in [1.54, 1.807) is 0 Å². The molecular weight excluding hydrogens is 398 g/mol.